The Labute approximate surface area is 287 Å². The first-order valence-electron chi connectivity index (χ1n) is 16.9. The van der Waals surface area contributed by atoms with Crippen LogP contribution in [0.4, 0.5) is 10.6 Å². The molecule has 1 aliphatic carbocycles. The summed E-state index contributed by atoms with van der Waals surface area (Å²) in [4.78, 5) is 38.5. The van der Waals surface area contributed by atoms with E-state index in [1.807, 2.05) is 61.7 Å². The summed E-state index contributed by atoms with van der Waals surface area (Å²) in [6.07, 6.45) is 3.18. The van der Waals surface area contributed by atoms with Gasteiger partial charge in [0.05, 0.1) is 23.5 Å². The number of carbonyl (C=O) groups is 2. The van der Waals surface area contributed by atoms with Crippen molar-refractivity contribution in [3.05, 3.63) is 77.1 Å². The van der Waals surface area contributed by atoms with Gasteiger partial charge in [-0.3, -0.25) is 19.4 Å². The van der Waals surface area contributed by atoms with Gasteiger partial charge in [0, 0.05) is 44.6 Å². The summed E-state index contributed by atoms with van der Waals surface area (Å²) in [6.45, 7) is 15.7. The van der Waals surface area contributed by atoms with Gasteiger partial charge in [0.25, 0.3) is 0 Å². The van der Waals surface area contributed by atoms with Crippen LogP contribution < -0.4 is 15.4 Å². The van der Waals surface area contributed by atoms with E-state index in [-0.39, 0.29) is 35.7 Å². The number of rotatable bonds is 8. The van der Waals surface area contributed by atoms with Crippen molar-refractivity contribution in [1.82, 2.24) is 39.7 Å². The van der Waals surface area contributed by atoms with E-state index in [1.165, 1.54) is 6.92 Å². The molecule has 0 spiro atoms. The van der Waals surface area contributed by atoms with Gasteiger partial charge < -0.3 is 19.7 Å². The normalized spacial score (nSPS) is 18.9. The van der Waals surface area contributed by atoms with Crippen LogP contribution >= 0.6 is 0 Å². The topological polar surface area (TPSA) is 139 Å². The summed E-state index contributed by atoms with van der Waals surface area (Å²) in [5.41, 5.74) is 2.93. The van der Waals surface area contributed by atoms with Crippen molar-refractivity contribution in [1.29, 1.82) is 0 Å². The molecule has 2 aliphatic rings. The van der Waals surface area contributed by atoms with Crippen molar-refractivity contribution in [2.45, 2.75) is 84.1 Å². The van der Waals surface area contributed by atoms with Crippen LogP contribution in [-0.2, 0) is 27.1 Å². The summed E-state index contributed by atoms with van der Waals surface area (Å²) in [5.74, 6) is 1.85. The van der Waals surface area contributed by atoms with Crippen molar-refractivity contribution in [2.24, 2.45) is 0 Å². The van der Waals surface area contributed by atoms with Crippen LogP contribution in [-0.4, -0.2) is 79.6 Å². The molecule has 2 N–H and O–H groups in total. The highest BCUT2D eigenvalue weighted by molar-refractivity contribution is 5.88. The Bertz CT molecular complexity index is 1820. The minimum absolute atomic E-state index is 0.0768. The molecule has 4 aromatic rings. The van der Waals surface area contributed by atoms with E-state index in [2.05, 4.69) is 67.6 Å². The molecule has 1 aromatic carbocycles. The Hall–Kier alpha value is -4.62. The van der Waals surface area contributed by atoms with Gasteiger partial charge in [0.15, 0.2) is 23.9 Å². The lowest BCUT2D eigenvalue weighted by Crippen LogP contribution is -2.52. The van der Waals surface area contributed by atoms with E-state index in [1.54, 1.807) is 6.07 Å². The fraction of sp³-hybridized carbons (Fsp3) is 0.500. The van der Waals surface area contributed by atoms with Gasteiger partial charge >= 0.3 is 12.0 Å². The number of carbonyl (C=O) groups excluding carboxylic acids is 2. The van der Waals surface area contributed by atoms with Crippen molar-refractivity contribution in [2.75, 3.05) is 38.5 Å². The highest BCUT2D eigenvalue weighted by atomic mass is 16.5. The summed E-state index contributed by atoms with van der Waals surface area (Å²) in [6, 6.07) is 13.1. The van der Waals surface area contributed by atoms with Crippen molar-refractivity contribution in [3.63, 3.8) is 0 Å². The molecule has 1 saturated heterocycles. The number of anilines is 1. The molecule has 2 amide bonds. The molecule has 4 heterocycles. The quantitative estimate of drug-likeness (QED) is 0.243. The predicted molar refractivity (Wildman–Crippen MR) is 185 cm³/mol. The van der Waals surface area contributed by atoms with Gasteiger partial charge in [-0.15, -0.1) is 10.2 Å². The molecule has 1 aliphatic heterocycles. The lowest BCUT2D eigenvalue weighted by molar-refractivity contribution is -0.142. The maximum atomic E-state index is 13.3. The molecule has 0 bridgehead atoms. The zero-order valence-corrected chi connectivity index (χ0v) is 29.5. The Morgan fingerprint density at radius 3 is 2.39 bits per heavy atom. The molecule has 49 heavy (non-hydrogen) atoms. The number of likely N-dealkylation sites (N-methyl/N-ethyl adjacent to an activating group) is 1. The fourth-order valence-electron chi connectivity index (χ4n) is 6.54. The smallest absolute Gasteiger partial charge is 0.320 e. The largest absolute Gasteiger partial charge is 0.484 e. The van der Waals surface area contributed by atoms with E-state index >= 15 is 0 Å². The minimum Gasteiger partial charge on any atom is -0.484 e. The highest BCUT2D eigenvalue weighted by Gasteiger charge is 2.35. The van der Waals surface area contributed by atoms with Crippen LogP contribution in [0.5, 0.6) is 5.75 Å². The molecule has 260 valence electrons. The first-order chi connectivity index (χ1) is 23.3. The number of nitrogens with one attached hydrogen (secondary N) is 2. The van der Waals surface area contributed by atoms with Crippen LogP contribution in [0, 0.1) is 0 Å². The van der Waals surface area contributed by atoms with E-state index < -0.39 is 5.97 Å². The van der Waals surface area contributed by atoms with E-state index in [0.29, 0.717) is 24.5 Å². The third kappa shape index (κ3) is 7.67. The number of esters is 1. The maximum absolute atomic E-state index is 13.3. The summed E-state index contributed by atoms with van der Waals surface area (Å²) in [5, 5.41) is 15.1. The third-order valence-electron chi connectivity index (χ3n) is 9.42. The molecular formula is C36H47N9O4. The van der Waals surface area contributed by atoms with E-state index in [9.17, 15) is 9.59 Å². The molecule has 13 heteroatoms. The van der Waals surface area contributed by atoms with Crippen molar-refractivity contribution in [3.8, 4) is 5.75 Å². The SMILES string of the molecule is CC(=O)OCc1nc(NC(=O)NC2CCC(Oc3ccc4nnc(C(C)(C)N5CCN(C)CC5)n4c3)c3ccccc32)cc(C(C)(C)C)n1. The van der Waals surface area contributed by atoms with Gasteiger partial charge in [-0.2, -0.15) is 0 Å². The molecule has 3 aromatic heterocycles. The van der Waals surface area contributed by atoms with Crippen LogP contribution in [0.2, 0.25) is 0 Å². The van der Waals surface area contributed by atoms with Gasteiger partial charge in [-0.05, 0) is 57.0 Å². The molecule has 2 unspecified atom stereocenters. The molecule has 0 radical (unpaired) electrons. The zero-order valence-electron chi connectivity index (χ0n) is 29.5. The second-order valence-corrected chi connectivity index (χ2v) is 14.5. The first-order valence-corrected chi connectivity index (χ1v) is 16.9. The highest BCUT2D eigenvalue weighted by Crippen LogP contribution is 2.39. The lowest BCUT2D eigenvalue weighted by Gasteiger charge is -2.42. The van der Waals surface area contributed by atoms with Crippen LogP contribution in [0.25, 0.3) is 5.65 Å². The lowest BCUT2D eigenvalue weighted by atomic mass is 9.85. The first kappa shape index (κ1) is 34.3. The van der Waals surface area contributed by atoms with Crippen LogP contribution in [0.15, 0.2) is 48.7 Å². The van der Waals surface area contributed by atoms with Gasteiger partial charge in [-0.1, -0.05) is 45.0 Å². The van der Waals surface area contributed by atoms with Gasteiger partial charge in [0.1, 0.15) is 17.7 Å². The van der Waals surface area contributed by atoms with Crippen molar-refractivity contribution >= 4 is 23.5 Å². The molecular weight excluding hydrogens is 622 g/mol. The van der Waals surface area contributed by atoms with Gasteiger partial charge in [-0.25, -0.2) is 14.8 Å². The van der Waals surface area contributed by atoms with Crippen LogP contribution in [0.1, 0.15) is 95.0 Å². The molecule has 1 fully saturated rings. The van der Waals surface area contributed by atoms with E-state index in [0.717, 1.165) is 60.2 Å². The van der Waals surface area contributed by atoms with Crippen molar-refractivity contribution < 1.29 is 19.1 Å². The Balaban J connectivity index is 1.17. The maximum Gasteiger partial charge on any atom is 0.320 e. The number of nitrogens with zero attached hydrogens (tertiary/aromatic N) is 7. The Morgan fingerprint density at radius 2 is 1.67 bits per heavy atom. The molecule has 2 atom stereocenters. The standard InChI is InChI=1S/C36H47N9O4/c1-23(46)48-22-31-38-29(35(2,3)4)20-30(39-31)40-34(47)37-27-13-14-28(26-11-9-8-10-25(26)27)49-24-12-15-32-41-42-33(45(32)21-24)36(5,6)44-18-16-43(7)17-19-44/h8-12,15,20-21,27-28H,13-14,16-19,22H2,1-7H3,(H2,37,38,39,40,47). The average Bonchev–Trinajstić information content (AvgIpc) is 3.49. The minimum atomic E-state index is -0.426. The number of ether oxygens (including phenoxy) is 2. The Kier molecular flexibility index (Phi) is 9.58. The number of hydrogen-bond donors (Lipinski definition) is 2. The number of pyridine rings is 1. The average molecular weight is 670 g/mol. The monoisotopic (exact) mass is 669 g/mol. The third-order valence-corrected chi connectivity index (χ3v) is 9.42. The second kappa shape index (κ2) is 13.7. The number of fused-ring (bicyclic) bond motifs is 2. The number of hydrogen-bond acceptors (Lipinski definition) is 10. The molecule has 0 saturated carbocycles. The summed E-state index contributed by atoms with van der Waals surface area (Å²) in [7, 11) is 2.16. The Morgan fingerprint density at radius 1 is 0.939 bits per heavy atom. The number of benzene rings is 1. The summed E-state index contributed by atoms with van der Waals surface area (Å²) >= 11 is 0. The predicted octanol–water partition coefficient (Wildman–Crippen LogP) is 5.14. The fourth-order valence-corrected chi connectivity index (χ4v) is 6.54. The van der Waals surface area contributed by atoms with Gasteiger partial charge in [0.2, 0.25) is 0 Å². The molecule has 13 nitrogen and oxygen atoms in total. The number of urea groups is 1. The number of aromatic nitrogens is 5. The number of piperazine rings is 1. The molecule has 6 rings (SSSR count). The van der Waals surface area contributed by atoms with Crippen LogP contribution in [0.3, 0.4) is 0 Å². The number of amides is 2. The summed E-state index contributed by atoms with van der Waals surface area (Å²) < 4.78 is 13.8. The second-order valence-electron chi connectivity index (χ2n) is 14.5. The van der Waals surface area contributed by atoms with E-state index in [4.69, 9.17) is 9.47 Å². The zero-order chi connectivity index (χ0) is 34.9.